The fourth-order valence-electron chi connectivity index (χ4n) is 0.973. The molecule has 0 aromatic rings. The van der Waals surface area contributed by atoms with Gasteiger partial charge in [0.05, 0.1) is 11.6 Å². The first-order valence-electron chi connectivity index (χ1n) is 5.93. The number of nitrogens with one attached hydrogen (secondary N) is 2. The first kappa shape index (κ1) is 15.4. The molecule has 0 fully saturated rings. The Kier molecular flexibility index (Phi) is 6.60. The predicted octanol–water partition coefficient (Wildman–Crippen LogP) is 1.86. The third kappa shape index (κ3) is 8.68. The van der Waals surface area contributed by atoms with E-state index < -0.39 is 0 Å². The number of carbonyl (C=O) groups is 1. The maximum Gasteiger partial charge on any atom is 0.260 e. The molecule has 0 bridgehead atoms. The highest BCUT2D eigenvalue weighted by Crippen LogP contribution is 2.03. The van der Waals surface area contributed by atoms with E-state index >= 15 is 0 Å². The van der Waals surface area contributed by atoms with Gasteiger partial charge in [-0.25, -0.2) is 5.48 Å². The van der Waals surface area contributed by atoms with E-state index in [2.05, 4.69) is 24.6 Å². The van der Waals surface area contributed by atoms with Crippen LogP contribution in [0.15, 0.2) is 0 Å². The Bertz CT molecular complexity index is 210. The molecule has 0 heterocycles. The summed E-state index contributed by atoms with van der Waals surface area (Å²) in [6.45, 7) is 12.7. The normalized spacial score (nSPS) is 13.9. The largest absolute Gasteiger partial charge is 0.306 e. The Morgan fingerprint density at radius 1 is 1.25 bits per heavy atom. The standard InChI is InChI=1S/C12H26N2O2/c1-9(2)7-8-13-10(3)11(15)14-16-12(4,5)6/h9-10,13H,7-8H2,1-6H3,(H,14,15). The fourth-order valence-corrected chi connectivity index (χ4v) is 0.973. The Balaban J connectivity index is 3.74. The van der Waals surface area contributed by atoms with Crippen LogP contribution in [0.2, 0.25) is 0 Å². The van der Waals surface area contributed by atoms with Crippen LogP contribution in [0.1, 0.15) is 48.0 Å². The van der Waals surface area contributed by atoms with Gasteiger partial charge < -0.3 is 5.32 Å². The molecule has 1 unspecified atom stereocenters. The summed E-state index contributed by atoms with van der Waals surface area (Å²) in [4.78, 5) is 16.8. The molecule has 1 atom stereocenters. The van der Waals surface area contributed by atoms with Crippen molar-refractivity contribution >= 4 is 5.91 Å². The molecular weight excluding hydrogens is 204 g/mol. The van der Waals surface area contributed by atoms with Gasteiger partial charge in [0.2, 0.25) is 0 Å². The molecule has 1 amide bonds. The average molecular weight is 230 g/mol. The number of hydrogen-bond donors (Lipinski definition) is 2. The minimum absolute atomic E-state index is 0.126. The lowest BCUT2D eigenvalue weighted by Gasteiger charge is -2.21. The van der Waals surface area contributed by atoms with Gasteiger partial charge in [-0.1, -0.05) is 13.8 Å². The van der Waals surface area contributed by atoms with Crippen molar-refractivity contribution in [1.82, 2.24) is 10.8 Å². The summed E-state index contributed by atoms with van der Waals surface area (Å²) in [7, 11) is 0. The van der Waals surface area contributed by atoms with Crippen LogP contribution in [0.5, 0.6) is 0 Å². The first-order chi connectivity index (χ1) is 7.22. The number of amides is 1. The summed E-state index contributed by atoms with van der Waals surface area (Å²) >= 11 is 0. The summed E-state index contributed by atoms with van der Waals surface area (Å²) in [5, 5.41) is 3.16. The number of carbonyl (C=O) groups excluding carboxylic acids is 1. The number of hydrogen-bond acceptors (Lipinski definition) is 3. The quantitative estimate of drug-likeness (QED) is 0.685. The van der Waals surface area contributed by atoms with Gasteiger partial charge >= 0.3 is 0 Å². The van der Waals surface area contributed by atoms with Crippen LogP contribution in [-0.2, 0) is 9.63 Å². The molecule has 0 saturated carbocycles. The molecule has 2 N–H and O–H groups in total. The second-order valence-electron chi connectivity index (χ2n) is 5.54. The van der Waals surface area contributed by atoms with E-state index in [1.807, 2.05) is 27.7 Å². The molecule has 0 spiro atoms. The topological polar surface area (TPSA) is 50.4 Å². The van der Waals surface area contributed by atoms with Gasteiger partial charge in [-0.3, -0.25) is 9.63 Å². The van der Waals surface area contributed by atoms with E-state index in [-0.39, 0.29) is 17.6 Å². The second kappa shape index (κ2) is 6.86. The highest BCUT2D eigenvalue weighted by molar-refractivity contribution is 5.80. The van der Waals surface area contributed by atoms with Gasteiger partial charge in [-0.2, -0.15) is 0 Å². The Labute approximate surface area is 99.1 Å². The lowest BCUT2D eigenvalue weighted by molar-refractivity contribution is -0.147. The molecular formula is C12H26N2O2. The Morgan fingerprint density at radius 3 is 2.25 bits per heavy atom. The molecule has 0 saturated heterocycles. The smallest absolute Gasteiger partial charge is 0.260 e. The maximum atomic E-state index is 11.6. The molecule has 4 heteroatoms. The summed E-state index contributed by atoms with van der Waals surface area (Å²) in [5.41, 5.74) is 2.11. The van der Waals surface area contributed by atoms with Crippen LogP contribution in [0, 0.1) is 5.92 Å². The monoisotopic (exact) mass is 230 g/mol. The highest BCUT2D eigenvalue weighted by Gasteiger charge is 2.16. The van der Waals surface area contributed by atoms with Crippen molar-refractivity contribution in [3.05, 3.63) is 0 Å². The van der Waals surface area contributed by atoms with E-state index in [0.717, 1.165) is 13.0 Å². The van der Waals surface area contributed by atoms with Crippen LogP contribution in [0.25, 0.3) is 0 Å². The first-order valence-corrected chi connectivity index (χ1v) is 5.93. The van der Waals surface area contributed by atoms with Gasteiger partial charge in [0, 0.05) is 0 Å². The summed E-state index contributed by atoms with van der Waals surface area (Å²) in [6, 6.07) is -0.221. The summed E-state index contributed by atoms with van der Waals surface area (Å²) in [6.07, 6.45) is 1.07. The third-order valence-electron chi connectivity index (χ3n) is 2.02. The van der Waals surface area contributed by atoms with Crippen LogP contribution in [0.3, 0.4) is 0 Å². The van der Waals surface area contributed by atoms with Gasteiger partial charge in [0.1, 0.15) is 0 Å². The predicted molar refractivity (Wildman–Crippen MR) is 65.9 cm³/mol. The van der Waals surface area contributed by atoms with Gasteiger partial charge in [0.25, 0.3) is 5.91 Å². The van der Waals surface area contributed by atoms with Crippen molar-refractivity contribution in [3.8, 4) is 0 Å². The highest BCUT2D eigenvalue weighted by atomic mass is 16.7. The lowest BCUT2D eigenvalue weighted by Crippen LogP contribution is -2.45. The van der Waals surface area contributed by atoms with E-state index in [9.17, 15) is 4.79 Å². The fraction of sp³-hybridized carbons (Fsp3) is 0.917. The zero-order valence-electron chi connectivity index (χ0n) is 11.4. The van der Waals surface area contributed by atoms with Crippen molar-refractivity contribution in [2.75, 3.05) is 6.54 Å². The molecule has 0 aliphatic heterocycles. The Morgan fingerprint density at radius 2 is 1.81 bits per heavy atom. The van der Waals surface area contributed by atoms with E-state index in [1.165, 1.54) is 0 Å². The molecule has 0 rings (SSSR count). The summed E-state index contributed by atoms with van der Waals surface area (Å²) < 4.78 is 0. The van der Waals surface area contributed by atoms with Crippen molar-refractivity contribution in [1.29, 1.82) is 0 Å². The van der Waals surface area contributed by atoms with Crippen LogP contribution in [0.4, 0.5) is 0 Å². The molecule has 0 aromatic carbocycles. The SMILES string of the molecule is CC(C)CCNC(C)C(=O)NOC(C)(C)C. The van der Waals surface area contributed by atoms with Crippen LogP contribution >= 0.6 is 0 Å². The van der Waals surface area contributed by atoms with Crippen molar-refractivity contribution < 1.29 is 9.63 Å². The van der Waals surface area contributed by atoms with Gasteiger partial charge in [-0.05, 0) is 46.6 Å². The molecule has 4 nitrogen and oxygen atoms in total. The second-order valence-corrected chi connectivity index (χ2v) is 5.54. The minimum Gasteiger partial charge on any atom is -0.306 e. The van der Waals surface area contributed by atoms with Crippen LogP contribution in [-0.4, -0.2) is 24.1 Å². The molecule has 96 valence electrons. The number of rotatable bonds is 6. The van der Waals surface area contributed by atoms with E-state index in [4.69, 9.17) is 4.84 Å². The van der Waals surface area contributed by atoms with E-state index in [0.29, 0.717) is 5.92 Å². The van der Waals surface area contributed by atoms with Crippen molar-refractivity contribution in [2.24, 2.45) is 5.92 Å². The zero-order valence-corrected chi connectivity index (χ0v) is 11.4. The molecule has 0 radical (unpaired) electrons. The van der Waals surface area contributed by atoms with Crippen LogP contribution < -0.4 is 10.8 Å². The number of hydroxylamine groups is 1. The van der Waals surface area contributed by atoms with E-state index in [1.54, 1.807) is 0 Å². The minimum atomic E-state index is -0.354. The third-order valence-corrected chi connectivity index (χ3v) is 2.02. The summed E-state index contributed by atoms with van der Waals surface area (Å²) in [5.74, 6) is 0.521. The average Bonchev–Trinajstić information content (AvgIpc) is 2.12. The molecule has 0 aromatic heterocycles. The van der Waals surface area contributed by atoms with Gasteiger partial charge in [-0.15, -0.1) is 0 Å². The zero-order chi connectivity index (χ0) is 12.8. The van der Waals surface area contributed by atoms with Gasteiger partial charge in [0.15, 0.2) is 0 Å². The molecule has 0 aliphatic rings. The lowest BCUT2D eigenvalue weighted by atomic mass is 10.1. The van der Waals surface area contributed by atoms with Crippen molar-refractivity contribution in [3.63, 3.8) is 0 Å². The maximum absolute atomic E-state index is 11.6. The molecule has 16 heavy (non-hydrogen) atoms. The molecule has 0 aliphatic carbocycles. The Hall–Kier alpha value is -0.610. The van der Waals surface area contributed by atoms with Crippen molar-refractivity contribution in [2.45, 2.75) is 59.6 Å².